The van der Waals surface area contributed by atoms with Gasteiger partial charge in [0.25, 0.3) is 5.25 Å². The maximum absolute atomic E-state index is 14.8. The van der Waals surface area contributed by atoms with Crippen LogP contribution in [0.2, 0.25) is 0 Å². The van der Waals surface area contributed by atoms with Gasteiger partial charge in [0.2, 0.25) is 17.6 Å². The maximum Gasteiger partial charge on any atom is 0.299 e. The fraction of sp³-hybridized carbons (Fsp3) is 0.542. The molecule has 0 radical (unpaired) electrons. The Morgan fingerprint density at radius 2 is 2.14 bits per heavy atom. The monoisotopic (exact) mass is 520 g/mol. The van der Waals surface area contributed by atoms with Crippen LogP contribution in [0.25, 0.3) is 16.9 Å². The molecule has 1 saturated carbocycles. The third-order valence-electron chi connectivity index (χ3n) is 7.04. The zero-order valence-corrected chi connectivity index (χ0v) is 20.6. The number of carbonyl (C=O) groups is 1. The number of alkyl halides is 3. The molecular weight excluding hydrogens is 493 g/mol. The van der Waals surface area contributed by atoms with Crippen LogP contribution in [-0.2, 0) is 17.8 Å². The summed E-state index contributed by atoms with van der Waals surface area (Å²) in [6, 6.07) is 5.05. The van der Waals surface area contributed by atoms with Gasteiger partial charge in [0.15, 0.2) is 0 Å². The van der Waals surface area contributed by atoms with Gasteiger partial charge in [-0.2, -0.15) is 13.8 Å². The van der Waals surface area contributed by atoms with Gasteiger partial charge in [0.1, 0.15) is 6.17 Å². The molecule has 2 atom stereocenters. The van der Waals surface area contributed by atoms with E-state index in [1.807, 2.05) is 24.1 Å². The first-order chi connectivity index (χ1) is 17.3. The van der Waals surface area contributed by atoms with Gasteiger partial charge in [-0.15, -0.1) is 0 Å². The lowest BCUT2D eigenvalue weighted by Gasteiger charge is -2.33. The van der Waals surface area contributed by atoms with E-state index in [1.54, 1.807) is 10.5 Å². The smallest absolute Gasteiger partial charge is 0.299 e. The second kappa shape index (κ2) is 8.98. The van der Waals surface area contributed by atoms with Crippen LogP contribution >= 0.6 is 11.8 Å². The number of rotatable bonds is 6. The molecule has 8 nitrogen and oxygen atoms in total. The number of anilines is 1. The predicted molar refractivity (Wildman–Crippen MR) is 129 cm³/mol. The zero-order valence-electron chi connectivity index (χ0n) is 19.8. The van der Waals surface area contributed by atoms with E-state index in [2.05, 4.69) is 20.8 Å². The van der Waals surface area contributed by atoms with Crippen molar-refractivity contribution in [2.24, 2.45) is 5.92 Å². The highest BCUT2D eigenvalue weighted by Crippen LogP contribution is 2.48. The van der Waals surface area contributed by atoms with Gasteiger partial charge in [-0.05, 0) is 62.7 Å². The molecule has 0 bridgehead atoms. The third kappa shape index (κ3) is 4.56. The average molecular weight is 521 g/mol. The number of carbonyl (C=O) groups excluding carboxylic acids is 1. The molecule has 5 heterocycles. The number of likely N-dealkylation sites (tertiary alicyclic amines) is 1. The molecule has 3 aromatic rings. The Bertz CT molecular complexity index is 1310. The van der Waals surface area contributed by atoms with Crippen LogP contribution in [0, 0.1) is 5.92 Å². The van der Waals surface area contributed by atoms with Crippen LogP contribution in [0.5, 0.6) is 0 Å². The molecule has 0 spiro atoms. The standard InChI is InChI=1S/C24H27F3N6O2S/c1-32-9-7-17(16(25)12-32)29-18-5-4-14-6-8-24(26,27)36-23-15(10-19(18)33(14)23)21-30-20(35-31-21)11-28-22(34)13-2-3-13/h4-5,10,13,16-17,29H,2-3,6-9,11-12H2,1H3,(H,28,34)/t16-,17+/m0/s1. The SMILES string of the molecule is CN1CC[C@@H](Nc2ccc3n4c(c(-c5noc(CNC(=O)C6CC6)n5)cc24)SC(F)(F)CC3)[C@@H](F)C1. The number of halogens is 3. The van der Waals surface area contributed by atoms with Crippen molar-refractivity contribution in [3.05, 3.63) is 29.8 Å². The van der Waals surface area contributed by atoms with Crippen LogP contribution in [0.15, 0.2) is 27.7 Å². The minimum absolute atomic E-state index is 0.0495. The van der Waals surface area contributed by atoms with E-state index in [4.69, 9.17) is 4.52 Å². The second-order valence-electron chi connectivity index (χ2n) is 9.88. The van der Waals surface area contributed by atoms with Gasteiger partial charge in [-0.3, -0.25) is 4.79 Å². The topological polar surface area (TPSA) is 87.7 Å². The largest absolute Gasteiger partial charge is 0.378 e. The number of nitrogens with zero attached hydrogens (tertiary/aromatic N) is 4. The fourth-order valence-electron chi connectivity index (χ4n) is 4.87. The predicted octanol–water partition coefficient (Wildman–Crippen LogP) is 4.10. The number of aryl methyl sites for hydroxylation is 1. The van der Waals surface area contributed by atoms with Crippen LogP contribution in [0.4, 0.5) is 18.9 Å². The molecule has 6 rings (SSSR count). The molecule has 36 heavy (non-hydrogen) atoms. The first-order valence-corrected chi connectivity index (χ1v) is 13.0. The molecule has 1 amide bonds. The number of aromatic nitrogens is 3. The van der Waals surface area contributed by atoms with E-state index in [0.29, 0.717) is 46.5 Å². The van der Waals surface area contributed by atoms with Gasteiger partial charge in [-0.1, -0.05) is 5.16 Å². The van der Waals surface area contributed by atoms with Crippen molar-refractivity contribution in [2.75, 3.05) is 25.5 Å². The molecule has 2 N–H and O–H groups in total. The first kappa shape index (κ1) is 23.7. The summed E-state index contributed by atoms with van der Waals surface area (Å²) in [6.07, 6.45) is 1.26. The Morgan fingerprint density at radius 1 is 1.31 bits per heavy atom. The van der Waals surface area contributed by atoms with E-state index in [0.717, 1.165) is 25.1 Å². The summed E-state index contributed by atoms with van der Waals surface area (Å²) in [6.45, 7) is 1.20. The van der Waals surface area contributed by atoms with Crippen LogP contribution in [0.3, 0.4) is 0 Å². The fourth-order valence-corrected chi connectivity index (χ4v) is 5.92. The van der Waals surface area contributed by atoms with E-state index < -0.39 is 11.4 Å². The van der Waals surface area contributed by atoms with Crippen molar-refractivity contribution in [3.8, 4) is 11.4 Å². The number of thioether (sulfide) groups is 1. The number of piperidine rings is 1. The van der Waals surface area contributed by atoms with Gasteiger partial charge in [0, 0.05) is 31.1 Å². The van der Waals surface area contributed by atoms with E-state index in [-0.39, 0.29) is 49.0 Å². The van der Waals surface area contributed by atoms with E-state index >= 15 is 0 Å². The van der Waals surface area contributed by atoms with Crippen molar-refractivity contribution >= 4 is 28.9 Å². The Kier molecular flexibility index (Phi) is 5.90. The Labute approximate surface area is 210 Å². The number of pyridine rings is 1. The number of nitrogens with one attached hydrogen (secondary N) is 2. The highest BCUT2D eigenvalue weighted by atomic mass is 32.2. The molecule has 0 unspecified atom stereocenters. The second-order valence-corrected chi connectivity index (χ2v) is 11.1. The lowest BCUT2D eigenvalue weighted by Crippen LogP contribution is -2.46. The Morgan fingerprint density at radius 3 is 2.92 bits per heavy atom. The molecule has 12 heteroatoms. The van der Waals surface area contributed by atoms with Crippen LogP contribution in [-0.4, -0.2) is 63.0 Å². The molecular formula is C24H27F3N6O2S. The van der Waals surface area contributed by atoms with Crippen molar-refractivity contribution in [1.82, 2.24) is 24.8 Å². The van der Waals surface area contributed by atoms with E-state index in [9.17, 15) is 18.0 Å². The summed E-state index contributed by atoms with van der Waals surface area (Å²) in [7, 11) is 1.89. The molecule has 2 fully saturated rings. The minimum Gasteiger partial charge on any atom is -0.378 e. The highest BCUT2D eigenvalue weighted by Gasteiger charge is 2.37. The lowest BCUT2D eigenvalue weighted by molar-refractivity contribution is -0.122. The maximum atomic E-state index is 14.8. The summed E-state index contributed by atoms with van der Waals surface area (Å²) in [5.74, 6) is 0.381. The summed E-state index contributed by atoms with van der Waals surface area (Å²) >= 11 is 0.481. The average Bonchev–Trinajstić information content (AvgIpc) is 3.51. The highest BCUT2D eigenvalue weighted by molar-refractivity contribution is 8.00. The van der Waals surface area contributed by atoms with Crippen molar-refractivity contribution in [1.29, 1.82) is 0 Å². The van der Waals surface area contributed by atoms with Gasteiger partial charge < -0.3 is 24.5 Å². The van der Waals surface area contributed by atoms with Gasteiger partial charge >= 0.3 is 0 Å². The quantitative estimate of drug-likeness (QED) is 0.506. The van der Waals surface area contributed by atoms with Crippen LogP contribution in [0.1, 0.15) is 37.3 Å². The lowest BCUT2D eigenvalue weighted by atomic mass is 10.0. The Hall–Kier alpha value is -2.73. The number of hydrogen-bond acceptors (Lipinski definition) is 7. The normalized spacial score (nSPS) is 24.0. The zero-order chi connectivity index (χ0) is 25.0. The van der Waals surface area contributed by atoms with Crippen LogP contribution < -0.4 is 10.6 Å². The number of hydrogen-bond donors (Lipinski definition) is 2. The first-order valence-electron chi connectivity index (χ1n) is 12.2. The van der Waals surface area contributed by atoms with Crippen molar-refractivity contribution in [3.63, 3.8) is 0 Å². The Balaban J connectivity index is 1.36. The summed E-state index contributed by atoms with van der Waals surface area (Å²) < 4.78 is 51.4. The third-order valence-corrected chi connectivity index (χ3v) is 8.13. The molecule has 1 aliphatic carbocycles. The summed E-state index contributed by atoms with van der Waals surface area (Å²) in [5.41, 5.74) is 2.50. The minimum atomic E-state index is -2.97. The molecule has 2 aliphatic heterocycles. The molecule has 3 aromatic heterocycles. The molecule has 3 aliphatic rings. The summed E-state index contributed by atoms with van der Waals surface area (Å²) in [5, 5.41) is 7.48. The van der Waals surface area contributed by atoms with E-state index in [1.165, 1.54) is 0 Å². The van der Waals surface area contributed by atoms with Crippen molar-refractivity contribution < 1.29 is 22.5 Å². The molecule has 1 saturated heterocycles. The van der Waals surface area contributed by atoms with Crippen molar-refractivity contribution in [2.45, 2.75) is 61.1 Å². The summed E-state index contributed by atoms with van der Waals surface area (Å²) in [4.78, 5) is 18.3. The molecule has 0 aromatic carbocycles. The molecule has 192 valence electrons. The number of amides is 1. The van der Waals surface area contributed by atoms with Gasteiger partial charge in [-0.25, -0.2) is 4.39 Å². The van der Waals surface area contributed by atoms with Gasteiger partial charge in [0.05, 0.1) is 34.4 Å².